The molecule has 4 rings (SSSR count). The van der Waals surface area contributed by atoms with E-state index in [-0.39, 0.29) is 47.8 Å². The van der Waals surface area contributed by atoms with Crippen molar-refractivity contribution in [1.29, 1.82) is 0 Å². The van der Waals surface area contributed by atoms with E-state index < -0.39 is 5.91 Å². The number of pyridine rings is 1. The first-order valence-electron chi connectivity index (χ1n) is 11.3. The number of thiophene rings is 1. The number of morpholine rings is 1. The summed E-state index contributed by atoms with van der Waals surface area (Å²) < 4.78 is 5.64. The molecule has 10 nitrogen and oxygen atoms in total. The van der Waals surface area contributed by atoms with Crippen molar-refractivity contribution in [2.45, 2.75) is 6.54 Å². The predicted octanol–water partition coefficient (Wildman–Crippen LogP) is 3.04. The summed E-state index contributed by atoms with van der Waals surface area (Å²) in [5, 5.41) is 5.59. The molecule has 2 N–H and O–H groups in total. The maximum Gasteiger partial charge on any atom is 0.274 e. The first kappa shape index (κ1) is 26.3. The van der Waals surface area contributed by atoms with Gasteiger partial charge in [0.2, 0.25) is 0 Å². The quantitative estimate of drug-likeness (QED) is 0.474. The van der Waals surface area contributed by atoms with E-state index in [4.69, 9.17) is 16.3 Å². The third kappa shape index (κ3) is 6.13. The minimum atomic E-state index is -0.545. The minimum Gasteiger partial charge on any atom is -0.370 e. The largest absolute Gasteiger partial charge is 0.370 e. The Morgan fingerprint density at radius 1 is 1.14 bits per heavy atom. The van der Waals surface area contributed by atoms with Crippen LogP contribution >= 0.6 is 22.9 Å². The first-order valence-corrected chi connectivity index (χ1v) is 12.5. The number of hydrogen-bond acceptors (Lipinski definition) is 7. The van der Waals surface area contributed by atoms with Gasteiger partial charge >= 0.3 is 0 Å². The molecular formula is C25H24ClN5O5S. The number of benzene rings is 1. The van der Waals surface area contributed by atoms with E-state index in [2.05, 4.69) is 15.6 Å². The van der Waals surface area contributed by atoms with Crippen LogP contribution in [0.2, 0.25) is 4.34 Å². The lowest BCUT2D eigenvalue weighted by Gasteiger charge is -2.26. The fourth-order valence-corrected chi connectivity index (χ4v) is 4.62. The lowest BCUT2D eigenvalue weighted by Crippen LogP contribution is -2.41. The normalized spacial score (nSPS) is 13.3. The number of para-hydroxylation sites is 1. The van der Waals surface area contributed by atoms with Crippen molar-refractivity contribution in [2.75, 3.05) is 44.1 Å². The van der Waals surface area contributed by atoms with Gasteiger partial charge in [-0.15, -0.1) is 11.3 Å². The molecule has 1 fully saturated rings. The summed E-state index contributed by atoms with van der Waals surface area (Å²) in [5.41, 5.74) is 1.72. The van der Waals surface area contributed by atoms with Crippen molar-refractivity contribution in [3.63, 3.8) is 0 Å². The number of halogens is 1. The number of rotatable bonds is 7. The topological polar surface area (TPSA) is 121 Å². The molecule has 1 saturated heterocycles. The predicted molar refractivity (Wildman–Crippen MR) is 140 cm³/mol. The molecule has 12 heteroatoms. The molecule has 0 aliphatic carbocycles. The summed E-state index contributed by atoms with van der Waals surface area (Å²) in [6.45, 7) is 0.879. The average molecular weight is 542 g/mol. The van der Waals surface area contributed by atoms with Gasteiger partial charge in [-0.3, -0.25) is 19.2 Å². The second-order valence-electron chi connectivity index (χ2n) is 8.28. The highest BCUT2D eigenvalue weighted by Gasteiger charge is 2.23. The van der Waals surface area contributed by atoms with E-state index >= 15 is 0 Å². The summed E-state index contributed by atoms with van der Waals surface area (Å²) in [6.07, 6.45) is 1.45. The van der Waals surface area contributed by atoms with E-state index in [0.717, 1.165) is 11.3 Å². The standard InChI is InChI=1S/C25H24ClN5O5S/c1-30(2)25(35)17-5-3-4-15(12-28-24(34)19-8-9-20(26)37-19)22(17)29-23(33)18-7-6-16(13-27-18)31-10-11-36-14-21(31)32/h3-9,13H,10-12,14H2,1-2H3,(H,28,34)(H,29,33). The SMILES string of the molecule is CN(C)C(=O)c1cccc(CNC(=O)c2ccc(Cl)s2)c1NC(=O)c1ccc(N2CCOCC2=O)cn1. The van der Waals surface area contributed by atoms with E-state index in [1.807, 2.05) is 0 Å². The summed E-state index contributed by atoms with van der Waals surface area (Å²) in [5.74, 6) is -1.37. The Bertz CT molecular complexity index is 1340. The van der Waals surface area contributed by atoms with E-state index in [1.54, 1.807) is 55.4 Å². The van der Waals surface area contributed by atoms with E-state index in [9.17, 15) is 19.2 Å². The van der Waals surface area contributed by atoms with Crippen LogP contribution in [0, 0.1) is 0 Å². The zero-order chi connectivity index (χ0) is 26.5. The second-order valence-corrected chi connectivity index (χ2v) is 9.99. The van der Waals surface area contributed by atoms with Gasteiger partial charge in [0, 0.05) is 27.2 Å². The molecular weight excluding hydrogens is 518 g/mol. The summed E-state index contributed by atoms with van der Waals surface area (Å²) in [7, 11) is 3.21. The number of aromatic nitrogens is 1. The van der Waals surface area contributed by atoms with Gasteiger partial charge in [0.05, 0.1) is 39.0 Å². The Morgan fingerprint density at radius 3 is 2.59 bits per heavy atom. The van der Waals surface area contributed by atoms with Crippen molar-refractivity contribution in [3.8, 4) is 0 Å². The zero-order valence-electron chi connectivity index (χ0n) is 20.1. The van der Waals surface area contributed by atoms with E-state index in [1.165, 1.54) is 17.2 Å². The first-order chi connectivity index (χ1) is 17.7. The van der Waals surface area contributed by atoms with Crippen LogP contribution in [-0.4, -0.2) is 67.4 Å². The molecule has 0 radical (unpaired) electrons. The fraction of sp³-hybridized carbons (Fsp3) is 0.240. The highest BCUT2D eigenvalue weighted by Crippen LogP contribution is 2.25. The molecule has 3 heterocycles. The Morgan fingerprint density at radius 2 is 1.95 bits per heavy atom. The van der Waals surface area contributed by atoms with Crippen molar-refractivity contribution >= 4 is 57.9 Å². The zero-order valence-corrected chi connectivity index (χ0v) is 21.7. The van der Waals surface area contributed by atoms with Gasteiger partial charge in [0.1, 0.15) is 12.3 Å². The monoisotopic (exact) mass is 541 g/mol. The molecule has 1 aromatic carbocycles. The number of nitrogens with one attached hydrogen (secondary N) is 2. The Labute approximate surface area is 222 Å². The molecule has 0 unspecified atom stereocenters. The van der Waals surface area contributed by atoms with E-state index in [0.29, 0.717) is 33.6 Å². The Hall–Kier alpha value is -3.80. The van der Waals surface area contributed by atoms with Crippen molar-refractivity contribution in [3.05, 3.63) is 74.7 Å². The van der Waals surface area contributed by atoms with Crippen LogP contribution in [0.25, 0.3) is 0 Å². The number of ether oxygens (including phenoxy) is 1. The second kappa shape index (κ2) is 11.5. The van der Waals surface area contributed by atoms with Gasteiger partial charge < -0.3 is 25.2 Å². The van der Waals surface area contributed by atoms with Crippen LogP contribution in [0.5, 0.6) is 0 Å². The molecule has 0 atom stereocenters. The molecule has 4 amide bonds. The minimum absolute atomic E-state index is 0.00222. The number of carbonyl (C=O) groups excluding carboxylic acids is 4. The van der Waals surface area contributed by atoms with Crippen LogP contribution in [0.3, 0.4) is 0 Å². The molecule has 2 aromatic heterocycles. The maximum atomic E-state index is 13.1. The molecule has 0 bridgehead atoms. The fourth-order valence-electron chi connectivity index (χ4n) is 3.66. The lowest BCUT2D eigenvalue weighted by atomic mass is 10.0. The third-order valence-corrected chi connectivity index (χ3v) is 6.77. The molecule has 192 valence electrons. The van der Waals surface area contributed by atoms with Crippen LogP contribution in [0.1, 0.15) is 36.1 Å². The van der Waals surface area contributed by atoms with Crippen LogP contribution in [0.15, 0.2) is 48.7 Å². The number of hydrogen-bond donors (Lipinski definition) is 2. The van der Waals surface area contributed by atoms with Crippen molar-refractivity contribution in [1.82, 2.24) is 15.2 Å². The molecule has 1 aliphatic heterocycles. The van der Waals surface area contributed by atoms with Gasteiger partial charge in [-0.2, -0.15) is 0 Å². The average Bonchev–Trinajstić information content (AvgIpc) is 3.34. The van der Waals surface area contributed by atoms with Crippen LogP contribution in [0.4, 0.5) is 11.4 Å². The number of nitrogens with zero attached hydrogens (tertiary/aromatic N) is 3. The number of carbonyl (C=O) groups is 4. The molecule has 0 spiro atoms. The smallest absolute Gasteiger partial charge is 0.274 e. The Balaban J connectivity index is 1.56. The third-order valence-electron chi connectivity index (χ3n) is 5.54. The summed E-state index contributed by atoms with van der Waals surface area (Å²) >= 11 is 7.08. The van der Waals surface area contributed by atoms with Gasteiger partial charge in [-0.05, 0) is 35.9 Å². The van der Waals surface area contributed by atoms with Gasteiger partial charge in [-0.1, -0.05) is 23.7 Å². The van der Waals surface area contributed by atoms with Gasteiger partial charge in [0.25, 0.3) is 23.6 Å². The molecule has 1 aliphatic rings. The van der Waals surface area contributed by atoms with Gasteiger partial charge in [0.15, 0.2) is 0 Å². The van der Waals surface area contributed by atoms with Crippen LogP contribution in [-0.2, 0) is 16.1 Å². The highest BCUT2D eigenvalue weighted by molar-refractivity contribution is 7.18. The maximum absolute atomic E-state index is 13.1. The van der Waals surface area contributed by atoms with Gasteiger partial charge in [-0.25, -0.2) is 4.98 Å². The number of anilines is 2. The van der Waals surface area contributed by atoms with Crippen molar-refractivity contribution in [2.24, 2.45) is 0 Å². The summed E-state index contributed by atoms with van der Waals surface area (Å²) in [6, 6.07) is 11.4. The van der Waals surface area contributed by atoms with Crippen LogP contribution < -0.4 is 15.5 Å². The Kier molecular flexibility index (Phi) is 8.17. The van der Waals surface area contributed by atoms with Crippen molar-refractivity contribution < 1.29 is 23.9 Å². The molecule has 3 aromatic rings. The highest BCUT2D eigenvalue weighted by atomic mass is 35.5. The number of amides is 4. The lowest BCUT2D eigenvalue weighted by molar-refractivity contribution is -0.125. The summed E-state index contributed by atoms with van der Waals surface area (Å²) in [4.78, 5) is 58.2. The molecule has 0 saturated carbocycles. The molecule has 37 heavy (non-hydrogen) atoms.